The lowest BCUT2D eigenvalue weighted by Crippen LogP contribution is -2.23. The van der Waals surface area contributed by atoms with Crippen molar-refractivity contribution in [2.45, 2.75) is 13.5 Å². The summed E-state index contributed by atoms with van der Waals surface area (Å²) in [6.07, 6.45) is 0. The van der Waals surface area contributed by atoms with Crippen LogP contribution in [0.1, 0.15) is 22.2 Å². The molecule has 0 aliphatic carbocycles. The average Bonchev–Trinajstić information content (AvgIpc) is 3.15. The standard InChI is InChI=1S/C14H12FN5O2/c1-8-17-13(22-20-8)7-16-14(21)12-6-11(18-19-12)9-2-4-10(15)5-3-9/h2-6H,7H2,1H3,(H,16,21)(H,18,19). The van der Waals surface area contributed by atoms with Gasteiger partial charge in [-0.15, -0.1) is 0 Å². The molecule has 8 heteroatoms. The van der Waals surface area contributed by atoms with Crippen molar-refractivity contribution >= 4 is 5.91 Å². The van der Waals surface area contributed by atoms with Gasteiger partial charge in [0.25, 0.3) is 5.91 Å². The van der Waals surface area contributed by atoms with Gasteiger partial charge in [0.15, 0.2) is 5.82 Å². The Hall–Kier alpha value is -3.03. The predicted molar refractivity (Wildman–Crippen MR) is 74.2 cm³/mol. The molecule has 0 spiro atoms. The monoisotopic (exact) mass is 301 g/mol. The van der Waals surface area contributed by atoms with Crippen LogP contribution in [-0.2, 0) is 6.54 Å². The van der Waals surface area contributed by atoms with Crippen molar-refractivity contribution in [1.29, 1.82) is 0 Å². The van der Waals surface area contributed by atoms with Crippen LogP contribution < -0.4 is 5.32 Å². The van der Waals surface area contributed by atoms with Gasteiger partial charge in [-0.1, -0.05) is 5.16 Å². The molecule has 1 amide bonds. The zero-order chi connectivity index (χ0) is 15.5. The van der Waals surface area contributed by atoms with Crippen LogP contribution in [0.4, 0.5) is 4.39 Å². The second-order valence-corrected chi connectivity index (χ2v) is 4.59. The first kappa shape index (κ1) is 13.9. The maximum absolute atomic E-state index is 12.9. The van der Waals surface area contributed by atoms with E-state index in [0.29, 0.717) is 23.0 Å². The topological polar surface area (TPSA) is 96.7 Å². The highest BCUT2D eigenvalue weighted by molar-refractivity contribution is 5.93. The van der Waals surface area contributed by atoms with Crippen LogP contribution in [0.25, 0.3) is 11.3 Å². The van der Waals surface area contributed by atoms with Gasteiger partial charge < -0.3 is 9.84 Å². The summed E-state index contributed by atoms with van der Waals surface area (Å²) in [6.45, 7) is 1.82. The Labute approximate surface area is 124 Å². The number of hydrogen-bond donors (Lipinski definition) is 2. The van der Waals surface area contributed by atoms with E-state index in [2.05, 4.69) is 25.7 Å². The lowest BCUT2D eigenvalue weighted by molar-refractivity contribution is 0.0941. The van der Waals surface area contributed by atoms with Crippen molar-refractivity contribution in [3.8, 4) is 11.3 Å². The number of nitrogens with one attached hydrogen (secondary N) is 2. The summed E-state index contributed by atoms with van der Waals surface area (Å²) in [7, 11) is 0. The van der Waals surface area contributed by atoms with E-state index in [1.165, 1.54) is 12.1 Å². The van der Waals surface area contributed by atoms with E-state index in [1.54, 1.807) is 25.1 Å². The number of hydrogen-bond acceptors (Lipinski definition) is 5. The summed E-state index contributed by atoms with van der Waals surface area (Å²) in [5, 5.41) is 12.9. The van der Waals surface area contributed by atoms with E-state index < -0.39 is 0 Å². The van der Waals surface area contributed by atoms with Gasteiger partial charge in [-0.05, 0) is 37.3 Å². The number of amides is 1. The minimum absolute atomic E-state index is 0.130. The van der Waals surface area contributed by atoms with Crippen LogP contribution in [-0.4, -0.2) is 26.2 Å². The summed E-state index contributed by atoms with van der Waals surface area (Å²) in [6, 6.07) is 7.44. The summed E-state index contributed by atoms with van der Waals surface area (Å²) >= 11 is 0. The first-order valence-electron chi connectivity index (χ1n) is 6.50. The number of rotatable bonds is 4. The Morgan fingerprint density at radius 1 is 1.36 bits per heavy atom. The zero-order valence-electron chi connectivity index (χ0n) is 11.6. The second-order valence-electron chi connectivity index (χ2n) is 4.59. The largest absolute Gasteiger partial charge is 0.342 e. The normalized spacial score (nSPS) is 10.6. The maximum Gasteiger partial charge on any atom is 0.269 e. The zero-order valence-corrected chi connectivity index (χ0v) is 11.6. The van der Waals surface area contributed by atoms with E-state index in [9.17, 15) is 9.18 Å². The number of aromatic nitrogens is 4. The lowest BCUT2D eigenvalue weighted by atomic mass is 10.1. The molecular formula is C14H12FN5O2. The van der Waals surface area contributed by atoms with Gasteiger partial charge in [0.2, 0.25) is 5.89 Å². The number of aryl methyl sites for hydroxylation is 1. The molecule has 0 saturated carbocycles. The Bertz CT molecular complexity index is 794. The molecule has 0 unspecified atom stereocenters. The van der Waals surface area contributed by atoms with Crippen molar-refractivity contribution in [1.82, 2.24) is 25.7 Å². The Morgan fingerprint density at radius 3 is 2.82 bits per heavy atom. The third-order valence-electron chi connectivity index (χ3n) is 2.93. The van der Waals surface area contributed by atoms with Gasteiger partial charge in [0.05, 0.1) is 12.2 Å². The number of carbonyl (C=O) groups excluding carboxylic acids is 1. The number of halogens is 1. The van der Waals surface area contributed by atoms with Crippen LogP contribution in [0.5, 0.6) is 0 Å². The molecule has 0 aliphatic heterocycles. The summed E-state index contributed by atoms with van der Waals surface area (Å²) < 4.78 is 17.8. The Kier molecular flexibility index (Phi) is 3.65. The van der Waals surface area contributed by atoms with Gasteiger partial charge in [-0.3, -0.25) is 9.89 Å². The average molecular weight is 301 g/mol. The molecule has 1 aromatic carbocycles. The Morgan fingerprint density at radius 2 is 2.14 bits per heavy atom. The number of benzene rings is 1. The summed E-state index contributed by atoms with van der Waals surface area (Å²) in [5.41, 5.74) is 1.55. The van der Waals surface area contributed by atoms with Crippen LogP contribution in [0.2, 0.25) is 0 Å². The lowest BCUT2D eigenvalue weighted by Gasteiger charge is -1.98. The van der Waals surface area contributed by atoms with Crippen molar-refractivity contribution in [3.05, 3.63) is 53.6 Å². The smallest absolute Gasteiger partial charge is 0.269 e. The van der Waals surface area contributed by atoms with Crippen molar-refractivity contribution < 1.29 is 13.7 Å². The molecule has 0 saturated heterocycles. The Balaban J connectivity index is 1.67. The van der Waals surface area contributed by atoms with Crippen molar-refractivity contribution in [2.75, 3.05) is 0 Å². The summed E-state index contributed by atoms with van der Waals surface area (Å²) in [4.78, 5) is 16.0. The molecule has 0 atom stereocenters. The summed E-state index contributed by atoms with van der Waals surface area (Å²) in [5.74, 6) is 0.150. The molecule has 0 bridgehead atoms. The highest BCUT2D eigenvalue weighted by Gasteiger charge is 2.12. The quantitative estimate of drug-likeness (QED) is 0.766. The van der Waals surface area contributed by atoms with Crippen LogP contribution >= 0.6 is 0 Å². The molecule has 2 heterocycles. The molecule has 22 heavy (non-hydrogen) atoms. The molecule has 2 N–H and O–H groups in total. The van der Waals surface area contributed by atoms with Gasteiger partial charge in [0, 0.05) is 5.56 Å². The highest BCUT2D eigenvalue weighted by atomic mass is 19.1. The first-order chi connectivity index (χ1) is 10.6. The molecular weight excluding hydrogens is 289 g/mol. The van der Waals surface area contributed by atoms with E-state index in [1.807, 2.05) is 0 Å². The predicted octanol–water partition coefficient (Wildman–Crippen LogP) is 1.84. The van der Waals surface area contributed by atoms with Crippen LogP contribution in [0.3, 0.4) is 0 Å². The fourth-order valence-electron chi connectivity index (χ4n) is 1.87. The van der Waals surface area contributed by atoms with Gasteiger partial charge in [-0.2, -0.15) is 10.1 Å². The second kappa shape index (κ2) is 5.76. The number of aromatic amines is 1. The van der Waals surface area contributed by atoms with Crippen molar-refractivity contribution in [3.63, 3.8) is 0 Å². The number of carbonyl (C=O) groups is 1. The van der Waals surface area contributed by atoms with Crippen LogP contribution in [0, 0.1) is 12.7 Å². The van der Waals surface area contributed by atoms with E-state index in [4.69, 9.17) is 4.52 Å². The van der Waals surface area contributed by atoms with E-state index in [-0.39, 0.29) is 24.0 Å². The number of nitrogens with zero attached hydrogens (tertiary/aromatic N) is 3. The molecule has 0 radical (unpaired) electrons. The van der Waals surface area contributed by atoms with Gasteiger partial charge >= 0.3 is 0 Å². The van der Waals surface area contributed by atoms with Gasteiger partial charge in [-0.25, -0.2) is 4.39 Å². The third-order valence-corrected chi connectivity index (χ3v) is 2.93. The molecule has 3 rings (SSSR count). The molecule has 112 valence electrons. The van der Waals surface area contributed by atoms with Crippen LogP contribution in [0.15, 0.2) is 34.9 Å². The first-order valence-corrected chi connectivity index (χ1v) is 6.50. The molecule has 7 nitrogen and oxygen atoms in total. The van der Waals surface area contributed by atoms with Gasteiger partial charge in [0.1, 0.15) is 11.5 Å². The van der Waals surface area contributed by atoms with E-state index >= 15 is 0 Å². The van der Waals surface area contributed by atoms with E-state index in [0.717, 1.165) is 0 Å². The third kappa shape index (κ3) is 3.00. The number of H-pyrrole nitrogens is 1. The molecule has 0 aliphatic rings. The molecule has 0 fully saturated rings. The maximum atomic E-state index is 12.9. The SMILES string of the molecule is Cc1noc(CNC(=O)c2cc(-c3ccc(F)cc3)n[nH]2)n1. The fraction of sp³-hybridized carbons (Fsp3) is 0.143. The van der Waals surface area contributed by atoms with Crippen molar-refractivity contribution in [2.24, 2.45) is 0 Å². The minimum Gasteiger partial charge on any atom is -0.342 e. The molecule has 2 aromatic heterocycles. The highest BCUT2D eigenvalue weighted by Crippen LogP contribution is 2.17. The molecule has 3 aromatic rings. The fourth-order valence-corrected chi connectivity index (χ4v) is 1.87. The minimum atomic E-state index is -0.350.